The van der Waals surface area contributed by atoms with E-state index >= 15 is 0 Å². The lowest BCUT2D eigenvalue weighted by atomic mass is 10.0. The number of carbonyl (C=O) groups is 1. The number of aromatic nitrogens is 1. The van der Waals surface area contributed by atoms with Crippen LogP contribution in [0.15, 0.2) is 41.0 Å². The number of H-pyrrole nitrogens is 1. The van der Waals surface area contributed by atoms with E-state index in [-0.39, 0.29) is 24.5 Å². The van der Waals surface area contributed by atoms with Gasteiger partial charge in [-0.1, -0.05) is 0 Å². The Hall–Kier alpha value is -1.52. The number of aliphatic hydroxyl groups excluding tert-OH is 1. The van der Waals surface area contributed by atoms with Gasteiger partial charge in [-0.15, -0.1) is 0 Å². The first-order valence-electron chi connectivity index (χ1n) is 7.71. The zero-order chi connectivity index (χ0) is 18.8. The summed E-state index contributed by atoms with van der Waals surface area (Å²) >= 11 is 5.44. The number of benzene rings is 2. The summed E-state index contributed by atoms with van der Waals surface area (Å²) in [5.41, 5.74) is 1.26. The Morgan fingerprint density at radius 1 is 1.31 bits per heavy atom. The molecule has 0 radical (unpaired) electrons. The lowest BCUT2D eigenvalue weighted by Crippen LogP contribution is -2.39. The van der Waals surface area contributed by atoms with E-state index in [0.29, 0.717) is 21.0 Å². The molecule has 0 saturated heterocycles. The van der Waals surface area contributed by atoms with Crippen molar-refractivity contribution < 1.29 is 18.7 Å². The molecular formula is C18H14BrF2IN2O2. The Bertz CT molecular complexity index is 977. The van der Waals surface area contributed by atoms with E-state index in [0.717, 1.165) is 9.64 Å². The van der Waals surface area contributed by atoms with Gasteiger partial charge in [-0.3, -0.25) is 4.79 Å². The molecule has 0 fully saturated rings. The maximum absolute atomic E-state index is 13.8. The van der Waals surface area contributed by atoms with Crippen molar-refractivity contribution in [1.82, 2.24) is 10.3 Å². The molecule has 3 N–H and O–H groups in total. The van der Waals surface area contributed by atoms with Gasteiger partial charge in [-0.2, -0.15) is 0 Å². The molecule has 4 nitrogen and oxygen atoms in total. The van der Waals surface area contributed by atoms with Gasteiger partial charge < -0.3 is 15.4 Å². The molecule has 8 heteroatoms. The Morgan fingerprint density at radius 3 is 2.81 bits per heavy atom. The minimum Gasteiger partial charge on any atom is -0.394 e. The second-order valence-electron chi connectivity index (χ2n) is 5.81. The standard InChI is InChI=1S/C18H14BrF2IN2O2/c19-15-2-1-11(22)6-14(15)18(26)24-12(8-25)3-9-7-23-17-13(9)4-10(20)5-16(17)21/h1-2,4-7,12,23,25H,3,8H2,(H,24,26). The van der Waals surface area contributed by atoms with Gasteiger partial charge in [0.2, 0.25) is 0 Å². The van der Waals surface area contributed by atoms with E-state index in [9.17, 15) is 18.7 Å². The van der Waals surface area contributed by atoms with Crippen molar-refractivity contribution in [2.24, 2.45) is 0 Å². The summed E-state index contributed by atoms with van der Waals surface area (Å²) in [4.78, 5) is 15.3. The van der Waals surface area contributed by atoms with Crippen LogP contribution in [-0.4, -0.2) is 28.6 Å². The zero-order valence-corrected chi connectivity index (χ0v) is 17.1. The number of rotatable bonds is 5. The largest absolute Gasteiger partial charge is 0.394 e. The van der Waals surface area contributed by atoms with Crippen LogP contribution >= 0.6 is 38.5 Å². The highest BCUT2D eigenvalue weighted by Crippen LogP contribution is 2.24. The van der Waals surface area contributed by atoms with Gasteiger partial charge in [0, 0.05) is 25.7 Å². The third kappa shape index (κ3) is 4.07. The highest BCUT2D eigenvalue weighted by atomic mass is 127. The summed E-state index contributed by atoms with van der Waals surface area (Å²) in [5.74, 6) is -1.70. The fraction of sp³-hybridized carbons (Fsp3) is 0.167. The van der Waals surface area contributed by atoms with Crippen molar-refractivity contribution in [1.29, 1.82) is 0 Å². The molecule has 1 aromatic heterocycles. The normalized spacial score (nSPS) is 12.3. The first-order valence-corrected chi connectivity index (χ1v) is 9.58. The van der Waals surface area contributed by atoms with Crippen LogP contribution in [0.2, 0.25) is 0 Å². The maximum atomic E-state index is 13.8. The Morgan fingerprint density at radius 2 is 2.08 bits per heavy atom. The maximum Gasteiger partial charge on any atom is 0.252 e. The number of hydrogen-bond donors (Lipinski definition) is 3. The van der Waals surface area contributed by atoms with E-state index < -0.39 is 17.7 Å². The minimum atomic E-state index is -0.682. The first kappa shape index (κ1) is 19.2. The number of aliphatic hydroxyl groups is 1. The van der Waals surface area contributed by atoms with Gasteiger partial charge in [0.15, 0.2) is 0 Å². The first-order chi connectivity index (χ1) is 12.4. The van der Waals surface area contributed by atoms with Gasteiger partial charge in [0.25, 0.3) is 5.91 Å². The predicted octanol–water partition coefficient (Wildman–Crippen LogP) is 4.15. The third-order valence-electron chi connectivity index (χ3n) is 3.99. The Balaban J connectivity index is 1.82. The van der Waals surface area contributed by atoms with Crippen molar-refractivity contribution in [2.45, 2.75) is 12.5 Å². The van der Waals surface area contributed by atoms with Gasteiger partial charge in [0.1, 0.15) is 11.6 Å². The monoisotopic (exact) mass is 534 g/mol. The highest BCUT2D eigenvalue weighted by molar-refractivity contribution is 14.1. The fourth-order valence-electron chi connectivity index (χ4n) is 2.74. The van der Waals surface area contributed by atoms with Crippen LogP contribution in [0, 0.1) is 15.2 Å². The van der Waals surface area contributed by atoms with E-state index in [4.69, 9.17) is 0 Å². The summed E-state index contributed by atoms with van der Waals surface area (Å²) in [5, 5.41) is 12.8. The molecule has 26 heavy (non-hydrogen) atoms. The molecule has 1 unspecified atom stereocenters. The number of fused-ring (bicyclic) bond motifs is 1. The van der Waals surface area contributed by atoms with Crippen LogP contribution in [0.25, 0.3) is 10.9 Å². The minimum absolute atomic E-state index is 0.199. The highest BCUT2D eigenvalue weighted by Gasteiger charge is 2.18. The molecule has 136 valence electrons. The Labute approximate surface area is 170 Å². The lowest BCUT2D eigenvalue weighted by molar-refractivity contribution is 0.0915. The van der Waals surface area contributed by atoms with Gasteiger partial charge in [-0.05, 0) is 74.8 Å². The number of nitrogens with one attached hydrogen (secondary N) is 2. The van der Waals surface area contributed by atoms with Crippen LogP contribution < -0.4 is 5.32 Å². The zero-order valence-electron chi connectivity index (χ0n) is 13.3. The van der Waals surface area contributed by atoms with Crippen LogP contribution in [0.3, 0.4) is 0 Å². The van der Waals surface area contributed by atoms with Crippen LogP contribution in [0.5, 0.6) is 0 Å². The number of carbonyl (C=O) groups excluding carboxylic acids is 1. The number of halogens is 4. The van der Waals surface area contributed by atoms with Crippen LogP contribution in [0.1, 0.15) is 15.9 Å². The second-order valence-corrected chi connectivity index (χ2v) is 7.91. The van der Waals surface area contributed by atoms with Crippen molar-refractivity contribution in [2.75, 3.05) is 6.61 Å². The molecule has 0 aliphatic heterocycles. The number of amides is 1. The van der Waals surface area contributed by atoms with Gasteiger partial charge in [-0.25, -0.2) is 8.78 Å². The molecule has 3 rings (SSSR count). The van der Waals surface area contributed by atoms with Gasteiger partial charge >= 0.3 is 0 Å². The average Bonchev–Trinajstić information content (AvgIpc) is 2.99. The van der Waals surface area contributed by atoms with Gasteiger partial charge in [0.05, 0.1) is 23.7 Å². The van der Waals surface area contributed by atoms with Crippen LogP contribution in [-0.2, 0) is 6.42 Å². The molecule has 2 aromatic carbocycles. The van der Waals surface area contributed by atoms with Crippen molar-refractivity contribution in [3.63, 3.8) is 0 Å². The van der Waals surface area contributed by atoms with Crippen LogP contribution in [0.4, 0.5) is 8.78 Å². The summed E-state index contributed by atoms with van der Waals surface area (Å²) in [6, 6.07) is 6.80. The molecule has 3 aromatic rings. The topological polar surface area (TPSA) is 65.1 Å². The molecule has 1 atom stereocenters. The summed E-state index contributed by atoms with van der Waals surface area (Å²) in [6.07, 6.45) is 1.79. The van der Waals surface area contributed by atoms with E-state index in [1.54, 1.807) is 18.3 Å². The molecule has 0 aliphatic rings. The number of aromatic amines is 1. The molecule has 0 saturated carbocycles. The molecule has 1 amide bonds. The summed E-state index contributed by atoms with van der Waals surface area (Å²) < 4.78 is 28.9. The summed E-state index contributed by atoms with van der Waals surface area (Å²) in [6.45, 7) is -0.308. The lowest BCUT2D eigenvalue weighted by Gasteiger charge is -2.17. The quantitative estimate of drug-likeness (QED) is 0.431. The van der Waals surface area contributed by atoms with E-state index in [2.05, 4.69) is 48.8 Å². The molecule has 0 bridgehead atoms. The smallest absolute Gasteiger partial charge is 0.252 e. The third-order valence-corrected chi connectivity index (χ3v) is 5.35. The second kappa shape index (κ2) is 8.01. The van der Waals surface area contributed by atoms with Crippen molar-refractivity contribution in [3.8, 4) is 0 Å². The number of hydrogen-bond acceptors (Lipinski definition) is 2. The van der Waals surface area contributed by atoms with E-state index in [1.807, 2.05) is 6.07 Å². The molecule has 0 spiro atoms. The fourth-order valence-corrected chi connectivity index (χ4v) is 3.66. The molecule has 1 heterocycles. The van der Waals surface area contributed by atoms with Crippen molar-refractivity contribution >= 4 is 55.3 Å². The molecule has 0 aliphatic carbocycles. The summed E-state index contributed by atoms with van der Waals surface area (Å²) in [7, 11) is 0. The van der Waals surface area contributed by atoms with E-state index in [1.165, 1.54) is 6.07 Å². The predicted molar refractivity (Wildman–Crippen MR) is 107 cm³/mol. The van der Waals surface area contributed by atoms with Crippen molar-refractivity contribution in [3.05, 3.63) is 67.3 Å². The average molecular weight is 535 g/mol. The molecular weight excluding hydrogens is 521 g/mol. The SMILES string of the molecule is O=C(NC(CO)Cc1c[nH]c2c(F)cc(F)cc12)c1cc(I)ccc1Br. The Kier molecular flexibility index (Phi) is 5.93.